The molecular weight excluding hydrogens is 212 g/mol. The minimum absolute atomic E-state index is 0.515. The van der Waals surface area contributed by atoms with Crippen LogP contribution >= 0.6 is 0 Å². The Balaban J connectivity index is 2.37. The molecule has 0 unspecified atom stereocenters. The largest absolute Gasteiger partial charge is 0.276 e. The van der Waals surface area contributed by atoms with Gasteiger partial charge in [-0.15, -0.1) is 0 Å². The summed E-state index contributed by atoms with van der Waals surface area (Å²) in [7, 11) is 0. The number of nitriles is 1. The smallest absolute Gasteiger partial charge is 0.182 e. The molecule has 0 saturated carbocycles. The number of hydrogen-bond donors (Lipinski definition) is 1. The van der Waals surface area contributed by atoms with Gasteiger partial charge in [0.15, 0.2) is 6.19 Å². The van der Waals surface area contributed by atoms with E-state index in [-0.39, 0.29) is 0 Å². The molecule has 1 heterocycles. The maximum atomic E-state index is 8.72. The molecule has 0 spiro atoms. The quantitative estimate of drug-likeness (QED) is 0.367. The molecule has 0 fully saturated rings. The molecule has 2 aromatic rings. The molecule has 0 aliphatic heterocycles. The number of nitrogens with zero attached hydrogens (tertiary/aromatic N) is 3. The highest BCUT2D eigenvalue weighted by Gasteiger charge is 2.01. The zero-order valence-electron chi connectivity index (χ0n) is 9.04. The van der Waals surface area contributed by atoms with Crippen LogP contribution in [0.25, 0.3) is 0 Å². The minimum Gasteiger partial charge on any atom is -0.276 e. The predicted octanol–water partition coefficient (Wildman–Crippen LogP) is 2.23. The van der Waals surface area contributed by atoms with Crippen LogP contribution in [0.1, 0.15) is 5.56 Å². The Bertz CT molecular complexity index is 541. The number of pyridine rings is 1. The molecule has 4 nitrogen and oxygen atoms in total. The van der Waals surface area contributed by atoms with Crippen LogP contribution in [-0.4, -0.2) is 10.8 Å². The fraction of sp³-hybridized carbons (Fsp3) is 0. The summed E-state index contributed by atoms with van der Waals surface area (Å²) in [5.41, 5.74) is 1.62. The van der Waals surface area contributed by atoms with E-state index in [0.717, 1.165) is 11.3 Å². The maximum absolute atomic E-state index is 8.72. The minimum atomic E-state index is 0.515. The van der Waals surface area contributed by atoms with Gasteiger partial charge in [-0.3, -0.25) is 10.3 Å². The molecular formula is C13H10N4. The second kappa shape index (κ2) is 5.42. The molecule has 1 N–H and O–H groups in total. The summed E-state index contributed by atoms with van der Waals surface area (Å²) in [5, 5.41) is 11.3. The molecule has 1 aromatic carbocycles. The van der Waals surface area contributed by atoms with E-state index in [9.17, 15) is 0 Å². The number of hydrogen-bond acceptors (Lipinski definition) is 3. The van der Waals surface area contributed by atoms with Crippen LogP contribution in [0.2, 0.25) is 0 Å². The van der Waals surface area contributed by atoms with Crippen molar-refractivity contribution in [1.29, 1.82) is 5.26 Å². The Hall–Kier alpha value is -2.67. The monoisotopic (exact) mass is 222 g/mol. The molecule has 82 valence electrons. The highest BCUT2D eigenvalue weighted by atomic mass is 15.0. The molecule has 2 rings (SSSR count). The van der Waals surface area contributed by atoms with E-state index in [1.54, 1.807) is 24.5 Å². The summed E-state index contributed by atoms with van der Waals surface area (Å²) in [4.78, 5) is 8.30. The van der Waals surface area contributed by atoms with Crippen molar-refractivity contribution >= 4 is 11.5 Å². The number of amidine groups is 1. The van der Waals surface area contributed by atoms with Gasteiger partial charge in [0.1, 0.15) is 5.84 Å². The Morgan fingerprint density at radius 1 is 1.12 bits per heavy atom. The first kappa shape index (κ1) is 10.8. The second-order valence-electron chi connectivity index (χ2n) is 3.27. The van der Waals surface area contributed by atoms with Gasteiger partial charge in [0, 0.05) is 18.0 Å². The van der Waals surface area contributed by atoms with E-state index < -0.39 is 0 Å². The van der Waals surface area contributed by atoms with Gasteiger partial charge in [-0.2, -0.15) is 5.26 Å². The van der Waals surface area contributed by atoms with E-state index in [4.69, 9.17) is 5.26 Å². The molecule has 1 aromatic heterocycles. The summed E-state index contributed by atoms with van der Waals surface area (Å²) in [6.07, 6.45) is 5.21. The lowest BCUT2D eigenvalue weighted by Gasteiger charge is -2.03. The zero-order valence-corrected chi connectivity index (χ0v) is 9.04. The van der Waals surface area contributed by atoms with Crippen LogP contribution < -0.4 is 5.32 Å². The summed E-state index contributed by atoms with van der Waals surface area (Å²) >= 11 is 0. The number of aromatic nitrogens is 1. The van der Waals surface area contributed by atoms with Crippen LogP contribution in [0, 0.1) is 11.5 Å². The van der Waals surface area contributed by atoms with Gasteiger partial charge in [0.05, 0.1) is 5.69 Å². The average Bonchev–Trinajstić information content (AvgIpc) is 2.40. The first-order chi connectivity index (χ1) is 8.40. The van der Waals surface area contributed by atoms with Gasteiger partial charge < -0.3 is 0 Å². The highest BCUT2D eigenvalue weighted by molar-refractivity contribution is 6.00. The fourth-order valence-electron chi connectivity index (χ4n) is 1.36. The topological polar surface area (TPSA) is 61.1 Å². The Morgan fingerprint density at radius 2 is 1.82 bits per heavy atom. The van der Waals surface area contributed by atoms with E-state index >= 15 is 0 Å². The van der Waals surface area contributed by atoms with E-state index in [0.29, 0.717) is 5.84 Å². The van der Waals surface area contributed by atoms with Crippen LogP contribution in [0.5, 0.6) is 0 Å². The van der Waals surface area contributed by atoms with Gasteiger partial charge in [0.2, 0.25) is 0 Å². The molecule has 0 amide bonds. The van der Waals surface area contributed by atoms with Gasteiger partial charge in [-0.1, -0.05) is 18.2 Å². The van der Waals surface area contributed by atoms with Crippen molar-refractivity contribution in [2.24, 2.45) is 4.99 Å². The van der Waals surface area contributed by atoms with Crippen molar-refractivity contribution < 1.29 is 0 Å². The molecule has 0 bridgehead atoms. The molecule has 17 heavy (non-hydrogen) atoms. The highest BCUT2D eigenvalue weighted by Crippen LogP contribution is 2.11. The van der Waals surface area contributed by atoms with E-state index in [2.05, 4.69) is 15.3 Å². The van der Waals surface area contributed by atoms with Crippen LogP contribution in [0.3, 0.4) is 0 Å². The third kappa shape index (κ3) is 2.89. The summed E-state index contributed by atoms with van der Waals surface area (Å²) < 4.78 is 0. The van der Waals surface area contributed by atoms with Crippen LogP contribution in [0.4, 0.5) is 5.69 Å². The van der Waals surface area contributed by atoms with Crippen molar-refractivity contribution in [2.75, 3.05) is 0 Å². The molecule has 0 saturated heterocycles. The van der Waals surface area contributed by atoms with Crippen molar-refractivity contribution in [2.45, 2.75) is 0 Å². The fourth-order valence-corrected chi connectivity index (χ4v) is 1.36. The number of para-hydroxylation sites is 1. The standard InChI is InChI=1S/C13H10N4/c14-10-16-13(11-6-8-15-9-7-11)17-12-4-2-1-3-5-12/h1-9H,(H,16,17). The number of nitrogens with one attached hydrogen (secondary N) is 1. The third-order valence-electron chi connectivity index (χ3n) is 2.13. The second-order valence-corrected chi connectivity index (χ2v) is 3.27. The third-order valence-corrected chi connectivity index (χ3v) is 2.13. The maximum Gasteiger partial charge on any atom is 0.182 e. The van der Waals surface area contributed by atoms with Gasteiger partial charge in [0.25, 0.3) is 0 Å². The van der Waals surface area contributed by atoms with Crippen molar-refractivity contribution in [1.82, 2.24) is 10.3 Å². The molecule has 4 heteroatoms. The molecule has 0 aliphatic rings. The van der Waals surface area contributed by atoms with Crippen molar-refractivity contribution in [3.63, 3.8) is 0 Å². The lowest BCUT2D eigenvalue weighted by Crippen LogP contribution is -2.18. The Kier molecular flexibility index (Phi) is 3.46. The Morgan fingerprint density at radius 3 is 2.47 bits per heavy atom. The zero-order chi connectivity index (χ0) is 11.9. The van der Waals surface area contributed by atoms with Gasteiger partial charge >= 0.3 is 0 Å². The summed E-state index contributed by atoms with van der Waals surface area (Å²) in [6.45, 7) is 0. The summed E-state index contributed by atoms with van der Waals surface area (Å²) in [5.74, 6) is 0.515. The normalized spacial score (nSPS) is 10.6. The first-order valence-electron chi connectivity index (χ1n) is 5.09. The first-order valence-corrected chi connectivity index (χ1v) is 5.09. The SMILES string of the molecule is N#CN/C(=N\c1ccccc1)c1ccncc1. The van der Waals surface area contributed by atoms with E-state index in [1.807, 2.05) is 36.5 Å². The van der Waals surface area contributed by atoms with Crippen LogP contribution in [0.15, 0.2) is 59.9 Å². The molecule has 0 radical (unpaired) electrons. The van der Waals surface area contributed by atoms with Crippen LogP contribution in [-0.2, 0) is 0 Å². The van der Waals surface area contributed by atoms with Gasteiger partial charge in [-0.25, -0.2) is 4.99 Å². The lowest BCUT2D eigenvalue weighted by atomic mass is 10.2. The number of rotatable bonds is 2. The average molecular weight is 222 g/mol. The lowest BCUT2D eigenvalue weighted by molar-refractivity contribution is 1.23. The Labute approximate surface area is 99.3 Å². The molecule has 0 atom stereocenters. The van der Waals surface area contributed by atoms with Crippen molar-refractivity contribution in [3.8, 4) is 6.19 Å². The molecule has 0 aliphatic carbocycles. The number of benzene rings is 1. The number of aliphatic imine (C=N–C) groups is 1. The predicted molar refractivity (Wildman–Crippen MR) is 65.6 cm³/mol. The van der Waals surface area contributed by atoms with Gasteiger partial charge in [-0.05, 0) is 24.3 Å². The van der Waals surface area contributed by atoms with Crippen molar-refractivity contribution in [3.05, 3.63) is 60.4 Å². The summed E-state index contributed by atoms with van der Waals surface area (Å²) in [6, 6.07) is 13.1. The van der Waals surface area contributed by atoms with E-state index in [1.165, 1.54) is 0 Å².